The van der Waals surface area contributed by atoms with E-state index in [4.69, 9.17) is 4.74 Å². The molecule has 19 heavy (non-hydrogen) atoms. The molecule has 2 fully saturated rings. The van der Waals surface area contributed by atoms with E-state index in [1.54, 1.807) is 0 Å². The summed E-state index contributed by atoms with van der Waals surface area (Å²) in [5.41, 5.74) is -0.157. The van der Waals surface area contributed by atoms with Gasteiger partial charge in [-0.1, -0.05) is 25.3 Å². The van der Waals surface area contributed by atoms with Gasteiger partial charge in [-0.3, -0.25) is 0 Å². The number of nitrogens with one attached hydrogen (secondary N) is 1. The van der Waals surface area contributed by atoms with Crippen molar-refractivity contribution in [3.05, 3.63) is 35.4 Å². The van der Waals surface area contributed by atoms with Gasteiger partial charge in [0, 0.05) is 13.1 Å². The summed E-state index contributed by atoms with van der Waals surface area (Å²) < 4.78 is 33.8. The molecule has 4 heteroatoms. The lowest BCUT2D eigenvalue weighted by atomic mass is 9.83. The highest BCUT2D eigenvalue weighted by molar-refractivity contribution is 5.23. The van der Waals surface area contributed by atoms with E-state index in [1.807, 2.05) is 0 Å². The lowest BCUT2D eigenvalue weighted by Crippen LogP contribution is -2.52. The smallest absolute Gasteiger partial charge is 0.132 e. The number of ether oxygens (including phenoxy) is 1. The Morgan fingerprint density at radius 3 is 2.47 bits per heavy atom. The second kappa shape index (κ2) is 5.17. The van der Waals surface area contributed by atoms with Gasteiger partial charge in [0.1, 0.15) is 17.7 Å². The number of benzene rings is 1. The molecule has 3 rings (SSSR count). The maximum atomic E-state index is 13.8. The van der Waals surface area contributed by atoms with Crippen LogP contribution < -0.4 is 5.32 Å². The van der Waals surface area contributed by atoms with E-state index in [2.05, 4.69) is 5.32 Å². The maximum absolute atomic E-state index is 13.8. The van der Waals surface area contributed by atoms with Crippen molar-refractivity contribution in [2.45, 2.75) is 43.8 Å². The summed E-state index contributed by atoms with van der Waals surface area (Å²) in [5, 5.41) is 3.29. The monoisotopic (exact) mass is 267 g/mol. The van der Waals surface area contributed by atoms with Gasteiger partial charge in [-0.05, 0) is 25.0 Å². The fourth-order valence-corrected chi connectivity index (χ4v) is 3.29. The lowest BCUT2D eigenvalue weighted by Gasteiger charge is -2.44. The topological polar surface area (TPSA) is 21.3 Å². The van der Waals surface area contributed by atoms with Crippen molar-refractivity contribution in [3.63, 3.8) is 0 Å². The summed E-state index contributed by atoms with van der Waals surface area (Å²) in [5.74, 6) is -1.03. The maximum Gasteiger partial charge on any atom is 0.132 e. The first kappa shape index (κ1) is 13.0. The fraction of sp³-hybridized carbons (Fsp3) is 0.600. The average molecular weight is 267 g/mol. The largest absolute Gasteiger partial charge is 0.364 e. The minimum atomic E-state index is -0.520. The Labute approximate surface area is 112 Å². The third-order valence-electron chi connectivity index (χ3n) is 4.26. The van der Waals surface area contributed by atoms with Gasteiger partial charge >= 0.3 is 0 Å². The van der Waals surface area contributed by atoms with Gasteiger partial charge in [-0.25, -0.2) is 8.78 Å². The molecule has 1 heterocycles. The van der Waals surface area contributed by atoms with E-state index in [0.717, 1.165) is 32.2 Å². The van der Waals surface area contributed by atoms with Crippen molar-refractivity contribution in [2.75, 3.05) is 13.1 Å². The molecular weight excluding hydrogens is 248 g/mol. The molecule has 1 saturated carbocycles. The molecule has 1 aromatic carbocycles. The van der Waals surface area contributed by atoms with Crippen LogP contribution in [0.3, 0.4) is 0 Å². The van der Waals surface area contributed by atoms with Crippen LogP contribution in [0, 0.1) is 11.6 Å². The van der Waals surface area contributed by atoms with Gasteiger partial charge in [0.05, 0.1) is 11.2 Å². The minimum Gasteiger partial charge on any atom is -0.364 e. The van der Waals surface area contributed by atoms with Crippen molar-refractivity contribution in [3.8, 4) is 0 Å². The van der Waals surface area contributed by atoms with Crippen LogP contribution in [0.1, 0.15) is 43.8 Å². The normalized spacial score (nSPS) is 26.5. The van der Waals surface area contributed by atoms with Crippen LogP contribution in [-0.4, -0.2) is 18.7 Å². The Balaban J connectivity index is 1.85. The molecule has 1 atom stereocenters. The molecule has 2 nitrogen and oxygen atoms in total. The molecule has 1 aromatic rings. The average Bonchev–Trinajstić information content (AvgIpc) is 2.39. The van der Waals surface area contributed by atoms with Crippen molar-refractivity contribution >= 4 is 0 Å². The van der Waals surface area contributed by atoms with E-state index >= 15 is 0 Å². The van der Waals surface area contributed by atoms with Gasteiger partial charge in [-0.2, -0.15) is 0 Å². The second-order valence-corrected chi connectivity index (χ2v) is 5.62. The molecule has 0 bridgehead atoms. The predicted molar refractivity (Wildman–Crippen MR) is 68.9 cm³/mol. The van der Waals surface area contributed by atoms with Crippen LogP contribution in [0.2, 0.25) is 0 Å². The summed E-state index contributed by atoms with van der Waals surface area (Å²) in [6, 6.07) is 3.98. The number of hydrogen-bond acceptors (Lipinski definition) is 2. The molecule has 1 aliphatic carbocycles. The zero-order valence-electron chi connectivity index (χ0n) is 10.9. The molecule has 0 aromatic heterocycles. The Morgan fingerprint density at radius 2 is 1.79 bits per heavy atom. The highest BCUT2D eigenvalue weighted by Crippen LogP contribution is 2.38. The molecular formula is C15H19F2NO. The summed E-state index contributed by atoms with van der Waals surface area (Å²) in [6.45, 7) is 1.26. The minimum absolute atomic E-state index is 0.0691. The highest BCUT2D eigenvalue weighted by Gasteiger charge is 2.40. The number of hydrogen-bond donors (Lipinski definition) is 1. The van der Waals surface area contributed by atoms with Gasteiger partial charge in [0.15, 0.2) is 0 Å². The van der Waals surface area contributed by atoms with Crippen LogP contribution in [0.5, 0.6) is 0 Å². The van der Waals surface area contributed by atoms with Crippen molar-refractivity contribution in [1.29, 1.82) is 0 Å². The van der Waals surface area contributed by atoms with Crippen molar-refractivity contribution < 1.29 is 13.5 Å². The summed E-state index contributed by atoms with van der Waals surface area (Å²) >= 11 is 0. The van der Waals surface area contributed by atoms with E-state index < -0.39 is 17.7 Å². The third-order valence-corrected chi connectivity index (χ3v) is 4.26. The van der Waals surface area contributed by atoms with Crippen LogP contribution >= 0.6 is 0 Å². The first-order valence-electron chi connectivity index (χ1n) is 7.03. The SMILES string of the molecule is Fc1cccc(F)c1C1CNCC2(CCCCC2)O1. The molecule has 0 radical (unpaired) electrons. The first-order valence-corrected chi connectivity index (χ1v) is 7.03. The summed E-state index contributed by atoms with van der Waals surface area (Å²) in [4.78, 5) is 0. The van der Waals surface area contributed by atoms with Gasteiger partial charge in [0.25, 0.3) is 0 Å². The number of rotatable bonds is 1. The zero-order valence-corrected chi connectivity index (χ0v) is 10.9. The highest BCUT2D eigenvalue weighted by atomic mass is 19.1. The van der Waals surface area contributed by atoms with Crippen LogP contribution in [0.4, 0.5) is 8.78 Å². The number of morpholine rings is 1. The molecule has 1 unspecified atom stereocenters. The van der Waals surface area contributed by atoms with Gasteiger partial charge in [0.2, 0.25) is 0 Å². The van der Waals surface area contributed by atoms with E-state index in [0.29, 0.717) is 6.54 Å². The quantitative estimate of drug-likeness (QED) is 0.842. The van der Waals surface area contributed by atoms with E-state index in [1.165, 1.54) is 24.6 Å². The molecule has 1 saturated heterocycles. The standard InChI is InChI=1S/C15H19F2NO/c16-11-5-4-6-12(17)14(11)13-9-18-10-15(19-13)7-2-1-3-8-15/h4-6,13,18H,1-3,7-10H2. The molecule has 1 N–H and O–H groups in total. The zero-order chi connectivity index (χ0) is 13.3. The summed E-state index contributed by atoms with van der Waals surface area (Å²) in [6.07, 6.45) is 4.93. The van der Waals surface area contributed by atoms with Gasteiger partial charge < -0.3 is 10.1 Å². The Bertz CT molecular complexity index is 432. The van der Waals surface area contributed by atoms with E-state index in [9.17, 15) is 8.78 Å². The second-order valence-electron chi connectivity index (χ2n) is 5.62. The first-order chi connectivity index (χ1) is 9.20. The van der Waals surface area contributed by atoms with Crippen molar-refractivity contribution in [1.82, 2.24) is 5.32 Å². The van der Waals surface area contributed by atoms with E-state index in [-0.39, 0.29) is 11.2 Å². The molecule has 2 aliphatic rings. The van der Waals surface area contributed by atoms with Crippen LogP contribution in [0.25, 0.3) is 0 Å². The number of halogens is 2. The Kier molecular flexibility index (Phi) is 3.54. The van der Waals surface area contributed by atoms with Crippen molar-refractivity contribution in [2.24, 2.45) is 0 Å². The summed E-state index contributed by atoms with van der Waals surface area (Å²) in [7, 11) is 0. The molecule has 1 spiro atoms. The fourth-order valence-electron chi connectivity index (χ4n) is 3.29. The predicted octanol–water partition coefficient (Wildman–Crippen LogP) is 3.33. The third kappa shape index (κ3) is 2.51. The Morgan fingerprint density at radius 1 is 1.11 bits per heavy atom. The van der Waals surface area contributed by atoms with Gasteiger partial charge in [-0.15, -0.1) is 0 Å². The Hall–Kier alpha value is -1.00. The molecule has 104 valence electrons. The van der Waals surface area contributed by atoms with Crippen LogP contribution in [-0.2, 0) is 4.74 Å². The van der Waals surface area contributed by atoms with Crippen LogP contribution in [0.15, 0.2) is 18.2 Å². The molecule has 1 aliphatic heterocycles. The molecule has 0 amide bonds. The lowest BCUT2D eigenvalue weighted by molar-refractivity contribution is -0.137.